The number of rotatable bonds is 7. The number of hydrogen-bond donors (Lipinski definition) is 2. The molecule has 0 bridgehead atoms. The first-order valence-electron chi connectivity index (χ1n) is 13.8. The molecule has 5 aromatic rings. The number of halogens is 2. The van der Waals surface area contributed by atoms with E-state index < -0.39 is 17.7 Å². The minimum Gasteiger partial charge on any atom is -0.333 e. The topological polar surface area (TPSA) is 80.0 Å². The fraction of sp³-hybridized carbons (Fsp3) is 0.219. The predicted octanol–water partition coefficient (Wildman–Crippen LogP) is 5.65. The first-order valence-corrected chi connectivity index (χ1v) is 13.8. The average Bonchev–Trinajstić information content (AvgIpc) is 3.68. The van der Waals surface area contributed by atoms with Gasteiger partial charge < -0.3 is 5.32 Å². The van der Waals surface area contributed by atoms with E-state index in [1.807, 2.05) is 80.8 Å². The quantitative estimate of drug-likeness (QED) is 0.267. The number of urea groups is 1. The molecule has 1 aliphatic heterocycles. The van der Waals surface area contributed by atoms with E-state index in [9.17, 15) is 13.6 Å². The third-order valence-corrected chi connectivity index (χ3v) is 7.67. The molecule has 1 unspecified atom stereocenters. The molecule has 3 aromatic carbocycles. The van der Waals surface area contributed by atoms with Crippen molar-refractivity contribution < 1.29 is 13.6 Å². The summed E-state index contributed by atoms with van der Waals surface area (Å²) in [5, 5.41) is 15.2. The molecule has 42 heavy (non-hydrogen) atoms. The van der Waals surface area contributed by atoms with Crippen LogP contribution in [0.3, 0.4) is 0 Å². The van der Waals surface area contributed by atoms with Crippen LogP contribution in [0.15, 0.2) is 91.3 Å². The number of para-hydroxylation sites is 1. The highest BCUT2D eigenvalue weighted by atomic mass is 19.2. The molecular weight excluding hydrogens is 536 g/mol. The van der Waals surface area contributed by atoms with Crippen LogP contribution in [-0.4, -0.2) is 49.6 Å². The predicted molar refractivity (Wildman–Crippen MR) is 157 cm³/mol. The van der Waals surface area contributed by atoms with Crippen LogP contribution in [0, 0.1) is 18.6 Å². The molecule has 10 heteroatoms. The standard InChI is InChI=1S/C32H31F2N7O/c1-21-30(24-16-35-39(2)18-24)38-41(25-11-7-4-8-12-25)31(21)37-32(42)36-29-20-40(17-22-9-5-3-6-10-22)19-26(29)23-13-14-27(33)28(34)15-23/h3-16,18,26,29H,17,19-20H2,1-2H3,(H2,36,37,42)/t26?,29-/m1/s1. The molecule has 0 spiro atoms. The van der Waals surface area contributed by atoms with E-state index in [4.69, 9.17) is 5.10 Å². The van der Waals surface area contributed by atoms with Crippen molar-refractivity contribution in [2.75, 3.05) is 18.4 Å². The van der Waals surface area contributed by atoms with Crippen LogP contribution in [-0.2, 0) is 13.6 Å². The number of nitrogens with one attached hydrogen (secondary N) is 2. The molecule has 2 atom stereocenters. The van der Waals surface area contributed by atoms with Gasteiger partial charge in [0.2, 0.25) is 0 Å². The van der Waals surface area contributed by atoms with Gasteiger partial charge >= 0.3 is 6.03 Å². The zero-order valence-corrected chi connectivity index (χ0v) is 23.3. The highest BCUT2D eigenvalue weighted by molar-refractivity contribution is 5.91. The van der Waals surface area contributed by atoms with Gasteiger partial charge in [-0.05, 0) is 42.3 Å². The van der Waals surface area contributed by atoms with E-state index in [1.54, 1.807) is 21.6 Å². The van der Waals surface area contributed by atoms with Gasteiger partial charge in [0.15, 0.2) is 11.6 Å². The average molecular weight is 568 g/mol. The number of aromatic nitrogens is 4. The van der Waals surface area contributed by atoms with Crippen LogP contribution in [0.1, 0.15) is 22.6 Å². The lowest BCUT2D eigenvalue weighted by molar-refractivity contribution is 0.246. The lowest BCUT2D eigenvalue weighted by Crippen LogP contribution is -2.42. The molecule has 214 valence electrons. The maximum atomic E-state index is 14.2. The van der Waals surface area contributed by atoms with Gasteiger partial charge in [-0.1, -0.05) is 54.6 Å². The second-order valence-electron chi connectivity index (χ2n) is 10.6. The summed E-state index contributed by atoms with van der Waals surface area (Å²) in [6.45, 7) is 3.71. The number of carbonyl (C=O) groups is 1. The third kappa shape index (κ3) is 5.66. The molecule has 1 aliphatic rings. The van der Waals surface area contributed by atoms with Gasteiger partial charge in [0, 0.05) is 49.9 Å². The molecule has 0 saturated carbocycles. The fourth-order valence-corrected chi connectivity index (χ4v) is 5.61. The first-order chi connectivity index (χ1) is 20.4. The summed E-state index contributed by atoms with van der Waals surface area (Å²) < 4.78 is 31.4. The van der Waals surface area contributed by atoms with Gasteiger partial charge in [0.25, 0.3) is 0 Å². The summed E-state index contributed by atoms with van der Waals surface area (Å²) in [7, 11) is 1.84. The number of benzene rings is 3. The van der Waals surface area contributed by atoms with E-state index in [0.29, 0.717) is 36.7 Å². The molecule has 2 N–H and O–H groups in total. The lowest BCUT2D eigenvalue weighted by atomic mass is 9.94. The molecular formula is C32H31F2N7O. The lowest BCUT2D eigenvalue weighted by Gasteiger charge is -2.21. The van der Waals surface area contributed by atoms with Gasteiger partial charge in [-0.2, -0.15) is 10.2 Å². The van der Waals surface area contributed by atoms with Gasteiger partial charge in [-0.3, -0.25) is 14.9 Å². The van der Waals surface area contributed by atoms with Crippen molar-refractivity contribution in [2.24, 2.45) is 7.05 Å². The number of carbonyl (C=O) groups excluding carboxylic acids is 1. The number of aryl methyl sites for hydroxylation is 1. The molecule has 1 fully saturated rings. The van der Waals surface area contributed by atoms with E-state index in [2.05, 4.69) is 20.6 Å². The van der Waals surface area contributed by atoms with Crippen LogP contribution in [0.5, 0.6) is 0 Å². The Hall–Kier alpha value is -4.83. The Kier molecular flexibility index (Phi) is 7.54. The van der Waals surface area contributed by atoms with Crippen molar-refractivity contribution in [3.8, 4) is 16.9 Å². The second-order valence-corrected chi connectivity index (χ2v) is 10.6. The SMILES string of the molecule is Cc1c(-c2cnn(C)c2)nn(-c2ccccc2)c1NC(=O)N[C@@H]1CN(Cc2ccccc2)CC1c1ccc(F)c(F)c1. The van der Waals surface area contributed by atoms with Gasteiger partial charge in [-0.15, -0.1) is 0 Å². The number of nitrogens with zero attached hydrogens (tertiary/aromatic N) is 5. The van der Waals surface area contributed by atoms with Crippen molar-refractivity contribution >= 4 is 11.8 Å². The maximum Gasteiger partial charge on any atom is 0.320 e. The van der Waals surface area contributed by atoms with Gasteiger partial charge in [0.05, 0.1) is 17.9 Å². The van der Waals surface area contributed by atoms with Crippen molar-refractivity contribution in [3.63, 3.8) is 0 Å². The van der Waals surface area contributed by atoms with Crippen molar-refractivity contribution in [1.29, 1.82) is 0 Å². The summed E-state index contributed by atoms with van der Waals surface area (Å²) in [4.78, 5) is 15.8. The van der Waals surface area contributed by atoms with E-state index >= 15 is 0 Å². The first kappa shape index (κ1) is 27.3. The number of anilines is 1. The van der Waals surface area contributed by atoms with E-state index in [-0.39, 0.29) is 12.0 Å². The molecule has 3 heterocycles. The Labute approximate surface area is 242 Å². The molecule has 0 aliphatic carbocycles. The highest BCUT2D eigenvalue weighted by Crippen LogP contribution is 2.32. The molecule has 1 saturated heterocycles. The normalized spacial score (nSPS) is 17.0. The molecule has 6 rings (SSSR count). The Morgan fingerprint density at radius 2 is 1.71 bits per heavy atom. The minimum atomic E-state index is -0.900. The largest absolute Gasteiger partial charge is 0.333 e. The van der Waals surface area contributed by atoms with Crippen LogP contribution in [0.25, 0.3) is 16.9 Å². The second kappa shape index (κ2) is 11.6. The Morgan fingerprint density at radius 3 is 2.40 bits per heavy atom. The summed E-state index contributed by atoms with van der Waals surface area (Å²) in [5.41, 5.74) is 4.89. The molecule has 2 amide bonds. The number of likely N-dealkylation sites (tertiary alicyclic amines) is 1. The maximum absolute atomic E-state index is 14.2. The third-order valence-electron chi connectivity index (χ3n) is 7.67. The fourth-order valence-electron chi connectivity index (χ4n) is 5.61. The Balaban J connectivity index is 1.28. The van der Waals surface area contributed by atoms with Gasteiger partial charge in [0.1, 0.15) is 11.5 Å². The highest BCUT2D eigenvalue weighted by Gasteiger charge is 2.35. The molecule has 0 radical (unpaired) electrons. The summed E-state index contributed by atoms with van der Waals surface area (Å²) in [5.74, 6) is -1.50. The Bertz CT molecular complexity index is 1700. The van der Waals surface area contributed by atoms with Crippen LogP contribution < -0.4 is 10.6 Å². The van der Waals surface area contributed by atoms with Crippen molar-refractivity contribution in [1.82, 2.24) is 29.8 Å². The van der Waals surface area contributed by atoms with Crippen LogP contribution >= 0.6 is 0 Å². The van der Waals surface area contributed by atoms with E-state index in [1.165, 1.54) is 6.07 Å². The molecule has 2 aromatic heterocycles. The van der Waals surface area contributed by atoms with Crippen molar-refractivity contribution in [3.05, 3.63) is 120 Å². The van der Waals surface area contributed by atoms with E-state index in [0.717, 1.165) is 28.4 Å². The zero-order valence-electron chi connectivity index (χ0n) is 23.3. The zero-order chi connectivity index (χ0) is 29.2. The van der Waals surface area contributed by atoms with Crippen LogP contribution in [0.2, 0.25) is 0 Å². The Morgan fingerprint density at radius 1 is 0.976 bits per heavy atom. The van der Waals surface area contributed by atoms with Crippen LogP contribution in [0.4, 0.5) is 19.4 Å². The monoisotopic (exact) mass is 567 g/mol. The summed E-state index contributed by atoms with van der Waals surface area (Å²) in [6, 6.07) is 22.8. The number of amides is 2. The van der Waals surface area contributed by atoms with Gasteiger partial charge in [-0.25, -0.2) is 18.3 Å². The minimum absolute atomic E-state index is 0.236. The number of hydrogen-bond acceptors (Lipinski definition) is 4. The van der Waals surface area contributed by atoms with Crippen molar-refractivity contribution in [2.45, 2.75) is 25.4 Å². The molecule has 8 nitrogen and oxygen atoms in total. The smallest absolute Gasteiger partial charge is 0.320 e. The summed E-state index contributed by atoms with van der Waals surface area (Å²) in [6.07, 6.45) is 3.61. The summed E-state index contributed by atoms with van der Waals surface area (Å²) >= 11 is 0.